The third-order valence-electron chi connectivity index (χ3n) is 3.69. The minimum Gasteiger partial charge on any atom is -0.361 e. The van der Waals surface area contributed by atoms with Gasteiger partial charge in [-0.3, -0.25) is 4.79 Å². The predicted octanol–water partition coefficient (Wildman–Crippen LogP) is 4.58. The summed E-state index contributed by atoms with van der Waals surface area (Å²) in [5, 5.41) is 8.97. The molecule has 4 nitrogen and oxygen atoms in total. The first-order chi connectivity index (χ1) is 11.6. The Balaban J connectivity index is 1.69. The van der Waals surface area contributed by atoms with E-state index in [4.69, 9.17) is 4.52 Å². The SMILES string of the molecule is Cc1noc(C)c1CSc1ccccc1C(=O)NCc1cccs1. The first kappa shape index (κ1) is 16.8. The highest BCUT2D eigenvalue weighted by molar-refractivity contribution is 7.98. The van der Waals surface area contributed by atoms with Crippen molar-refractivity contribution in [3.05, 3.63) is 69.2 Å². The average Bonchev–Trinajstić information content (AvgIpc) is 3.22. The van der Waals surface area contributed by atoms with Gasteiger partial charge in [-0.1, -0.05) is 23.4 Å². The van der Waals surface area contributed by atoms with Crippen LogP contribution < -0.4 is 5.32 Å². The minimum atomic E-state index is -0.0507. The number of amides is 1. The molecule has 124 valence electrons. The van der Waals surface area contributed by atoms with Crippen LogP contribution >= 0.6 is 23.1 Å². The molecule has 3 aromatic rings. The molecule has 0 saturated heterocycles. The molecule has 0 unspecified atom stereocenters. The van der Waals surface area contributed by atoms with E-state index in [1.807, 2.05) is 55.6 Å². The average molecular weight is 358 g/mol. The van der Waals surface area contributed by atoms with E-state index in [0.717, 1.165) is 32.5 Å². The number of hydrogen-bond donors (Lipinski definition) is 1. The normalized spacial score (nSPS) is 10.8. The van der Waals surface area contributed by atoms with E-state index in [-0.39, 0.29) is 5.91 Å². The third-order valence-corrected chi connectivity index (χ3v) is 5.66. The van der Waals surface area contributed by atoms with Gasteiger partial charge in [0.05, 0.1) is 17.8 Å². The van der Waals surface area contributed by atoms with E-state index < -0.39 is 0 Å². The Labute approximate surface area is 149 Å². The summed E-state index contributed by atoms with van der Waals surface area (Å²) in [6.07, 6.45) is 0. The second-order valence-electron chi connectivity index (χ2n) is 5.35. The second-order valence-corrected chi connectivity index (χ2v) is 7.40. The lowest BCUT2D eigenvalue weighted by atomic mass is 10.2. The van der Waals surface area contributed by atoms with Gasteiger partial charge in [0.15, 0.2) is 0 Å². The van der Waals surface area contributed by atoms with Crippen LogP contribution in [0.3, 0.4) is 0 Å². The van der Waals surface area contributed by atoms with Crippen molar-refractivity contribution >= 4 is 29.0 Å². The van der Waals surface area contributed by atoms with Crippen molar-refractivity contribution in [2.24, 2.45) is 0 Å². The predicted molar refractivity (Wildman–Crippen MR) is 97.5 cm³/mol. The molecule has 0 aliphatic rings. The Morgan fingerprint density at radius 2 is 2.08 bits per heavy atom. The minimum absolute atomic E-state index is 0.0507. The van der Waals surface area contributed by atoms with Crippen molar-refractivity contribution in [3.63, 3.8) is 0 Å². The molecular formula is C18H18N2O2S2. The maximum atomic E-state index is 12.5. The number of benzene rings is 1. The van der Waals surface area contributed by atoms with Gasteiger partial charge >= 0.3 is 0 Å². The van der Waals surface area contributed by atoms with Gasteiger partial charge in [-0.15, -0.1) is 23.1 Å². The zero-order chi connectivity index (χ0) is 16.9. The van der Waals surface area contributed by atoms with Gasteiger partial charge in [0.25, 0.3) is 5.91 Å². The molecule has 3 rings (SSSR count). The molecule has 1 amide bonds. The van der Waals surface area contributed by atoms with Crippen LogP contribution in [0.1, 0.15) is 32.3 Å². The Morgan fingerprint density at radius 1 is 1.25 bits per heavy atom. The summed E-state index contributed by atoms with van der Waals surface area (Å²) in [5.74, 6) is 1.51. The van der Waals surface area contributed by atoms with Crippen LogP contribution in [0.4, 0.5) is 0 Å². The summed E-state index contributed by atoms with van der Waals surface area (Å²) >= 11 is 3.27. The van der Waals surface area contributed by atoms with Gasteiger partial charge in [0.2, 0.25) is 0 Å². The van der Waals surface area contributed by atoms with Gasteiger partial charge in [-0.25, -0.2) is 0 Å². The summed E-state index contributed by atoms with van der Waals surface area (Å²) in [4.78, 5) is 14.6. The van der Waals surface area contributed by atoms with Crippen LogP contribution in [-0.4, -0.2) is 11.1 Å². The standard InChI is InChI=1S/C18H18N2O2S2/c1-12-16(13(2)22-20-12)11-24-17-8-4-3-7-15(17)18(21)19-10-14-6-5-9-23-14/h3-9H,10-11H2,1-2H3,(H,19,21). The second kappa shape index (κ2) is 7.68. The van der Waals surface area contributed by atoms with Crippen molar-refractivity contribution in [2.45, 2.75) is 31.0 Å². The van der Waals surface area contributed by atoms with Gasteiger partial charge in [-0.05, 0) is 37.4 Å². The first-order valence-corrected chi connectivity index (χ1v) is 9.46. The zero-order valence-electron chi connectivity index (χ0n) is 13.5. The van der Waals surface area contributed by atoms with E-state index in [1.54, 1.807) is 23.1 Å². The largest absolute Gasteiger partial charge is 0.361 e. The van der Waals surface area contributed by atoms with Crippen LogP contribution in [0.2, 0.25) is 0 Å². The number of thioether (sulfide) groups is 1. The Kier molecular flexibility index (Phi) is 5.37. The molecule has 2 aromatic heterocycles. The third kappa shape index (κ3) is 3.88. The number of aromatic nitrogens is 1. The Bertz CT molecular complexity index is 806. The summed E-state index contributed by atoms with van der Waals surface area (Å²) in [5.41, 5.74) is 2.69. The molecule has 0 atom stereocenters. The first-order valence-electron chi connectivity index (χ1n) is 7.59. The molecule has 0 fully saturated rings. The molecular weight excluding hydrogens is 340 g/mol. The molecule has 0 saturated carbocycles. The fraction of sp³-hybridized carbons (Fsp3) is 0.222. The molecule has 2 heterocycles. The smallest absolute Gasteiger partial charge is 0.252 e. The van der Waals surface area contributed by atoms with E-state index in [0.29, 0.717) is 12.1 Å². The topological polar surface area (TPSA) is 55.1 Å². The lowest BCUT2D eigenvalue weighted by molar-refractivity contribution is 0.0948. The molecule has 1 N–H and O–H groups in total. The van der Waals surface area contributed by atoms with E-state index >= 15 is 0 Å². The van der Waals surface area contributed by atoms with Gasteiger partial charge in [0.1, 0.15) is 5.76 Å². The highest BCUT2D eigenvalue weighted by atomic mass is 32.2. The molecule has 1 aromatic carbocycles. The quantitative estimate of drug-likeness (QED) is 0.656. The number of nitrogens with zero attached hydrogens (tertiary/aromatic N) is 1. The fourth-order valence-electron chi connectivity index (χ4n) is 2.31. The molecule has 0 bridgehead atoms. The van der Waals surface area contributed by atoms with Crippen molar-refractivity contribution in [1.29, 1.82) is 0 Å². The van der Waals surface area contributed by atoms with Crippen molar-refractivity contribution in [1.82, 2.24) is 10.5 Å². The monoisotopic (exact) mass is 358 g/mol. The van der Waals surface area contributed by atoms with Crippen LogP contribution in [0.25, 0.3) is 0 Å². The lowest BCUT2D eigenvalue weighted by Gasteiger charge is -2.09. The lowest BCUT2D eigenvalue weighted by Crippen LogP contribution is -2.22. The maximum absolute atomic E-state index is 12.5. The van der Waals surface area contributed by atoms with E-state index in [1.165, 1.54) is 0 Å². The van der Waals surface area contributed by atoms with Gasteiger partial charge in [-0.2, -0.15) is 0 Å². The fourth-order valence-corrected chi connectivity index (χ4v) is 4.16. The van der Waals surface area contributed by atoms with Crippen molar-refractivity contribution in [3.8, 4) is 0 Å². The summed E-state index contributed by atoms with van der Waals surface area (Å²) in [7, 11) is 0. The number of carbonyl (C=O) groups is 1. The number of rotatable bonds is 6. The maximum Gasteiger partial charge on any atom is 0.252 e. The zero-order valence-corrected chi connectivity index (χ0v) is 15.2. The number of aryl methyl sites for hydroxylation is 2. The van der Waals surface area contributed by atoms with Crippen molar-refractivity contribution in [2.75, 3.05) is 0 Å². The number of carbonyl (C=O) groups excluding carboxylic acids is 1. The molecule has 0 radical (unpaired) electrons. The summed E-state index contributed by atoms with van der Waals surface area (Å²) in [6, 6.07) is 11.7. The number of hydrogen-bond acceptors (Lipinski definition) is 5. The van der Waals surface area contributed by atoms with Crippen LogP contribution in [-0.2, 0) is 12.3 Å². The molecule has 0 aliphatic carbocycles. The summed E-state index contributed by atoms with van der Waals surface area (Å²) < 4.78 is 5.20. The molecule has 24 heavy (non-hydrogen) atoms. The number of nitrogens with one attached hydrogen (secondary N) is 1. The summed E-state index contributed by atoms with van der Waals surface area (Å²) in [6.45, 7) is 4.40. The van der Waals surface area contributed by atoms with E-state index in [2.05, 4.69) is 10.5 Å². The molecule has 0 aliphatic heterocycles. The van der Waals surface area contributed by atoms with Crippen LogP contribution in [0, 0.1) is 13.8 Å². The van der Waals surface area contributed by atoms with E-state index in [9.17, 15) is 4.79 Å². The van der Waals surface area contributed by atoms with Crippen molar-refractivity contribution < 1.29 is 9.32 Å². The highest BCUT2D eigenvalue weighted by Crippen LogP contribution is 2.28. The number of thiophene rings is 1. The highest BCUT2D eigenvalue weighted by Gasteiger charge is 2.14. The van der Waals surface area contributed by atoms with Gasteiger partial charge < -0.3 is 9.84 Å². The van der Waals surface area contributed by atoms with Crippen LogP contribution in [0.5, 0.6) is 0 Å². The molecule has 0 spiro atoms. The Morgan fingerprint density at radius 3 is 2.79 bits per heavy atom. The molecule has 6 heteroatoms. The Hall–Kier alpha value is -2.05. The van der Waals surface area contributed by atoms with Crippen LogP contribution in [0.15, 0.2) is 51.2 Å². The van der Waals surface area contributed by atoms with Gasteiger partial charge in [0, 0.05) is 21.1 Å².